The van der Waals surface area contributed by atoms with Crippen LogP contribution >= 0.6 is 0 Å². The normalized spacial score (nSPS) is 38.2. The quantitative estimate of drug-likeness (QED) is 0.774. The molecule has 0 spiro atoms. The fraction of sp³-hybridized carbons (Fsp3) is 1.00. The average Bonchev–Trinajstić information content (AvgIpc) is 2.54. The molecule has 1 heterocycles. The molecule has 2 rings (SSSR count). The van der Waals surface area contributed by atoms with Gasteiger partial charge in [0, 0.05) is 32.3 Å². The molecule has 1 aliphatic carbocycles. The number of hydrogen-bond donors (Lipinski definition) is 1. The first kappa shape index (κ1) is 12.3. The lowest BCUT2D eigenvalue weighted by Crippen LogP contribution is -2.46. The van der Waals surface area contributed by atoms with E-state index in [1.54, 1.807) is 0 Å². The fourth-order valence-electron chi connectivity index (χ4n) is 3.21. The lowest BCUT2D eigenvalue weighted by molar-refractivity contribution is 0.0186. The maximum absolute atomic E-state index is 5.54. The Hall–Kier alpha value is -0.120. The maximum atomic E-state index is 5.54. The Morgan fingerprint density at radius 1 is 1.19 bits per heavy atom. The van der Waals surface area contributed by atoms with Gasteiger partial charge in [0.1, 0.15) is 0 Å². The number of nitrogens with one attached hydrogen (secondary N) is 1. The van der Waals surface area contributed by atoms with E-state index in [1.807, 2.05) is 7.11 Å². The molecule has 3 unspecified atom stereocenters. The van der Waals surface area contributed by atoms with Gasteiger partial charge in [0.15, 0.2) is 0 Å². The summed E-state index contributed by atoms with van der Waals surface area (Å²) in [5.74, 6) is 0. The molecule has 2 aliphatic rings. The molecule has 0 aromatic carbocycles. The molecule has 0 aromatic rings. The van der Waals surface area contributed by atoms with Crippen LogP contribution in [0.5, 0.6) is 0 Å². The number of ether oxygens (including phenoxy) is 1. The Morgan fingerprint density at radius 3 is 2.88 bits per heavy atom. The highest BCUT2D eigenvalue weighted by Gasteiger charge is 2.29. The molecule has 1 saturated heterocycles. The molecule has 0 bridgehead atoms. The summed E-state index contributed by atoms with van der Waals surface area (Å²) in [7, 11) is 1.86. The third kappa shape index (κ3) is 2.96. The van der Waals surface area contributed by atoms with Gasteiger partial charge in [-0.05, 0) is 45.6 Å². The Bertz CT molecular complexity index is 210. The summed E-state index contributed by atoms with van der Waals surface area (Å²) in [5, 5.41) is 3.50. The van der Waals surface area contributed by atoms with Crippen LogP contribution in [0.1, 0.15) is 39.0 Å². The first-order valence-corrected chi connectivity index (χ1v) is 6.80. The smallest absolute Gasteiger partial charge is 0.0586 e. The highest BCUT2D eigenvalue weighted by molar-refractivity contribution is 4.85. The van der Waals surface area contributed by atoms with Crippen molar-refractivity contribution in [3.05, 3.63) is 0 Å². The molecule has 0 radical (unpaired) electrons. The molecule has 0 amide bonds. The first-order chi connectivity index (χ1) is 7.81. The number of methoxy groups -OCH3 is 1. The van der Waals surface area contributed by atoms with Gasteiger partial charge in [-0.2, -0.15) is 0 Å². The standard InChI is InChI=1S/C13H26N2O/c1-11-6-7-14-8-9-15(11)12-4-3-5-13(10-12)16-2/h11-14H,3-10H2,1-2H3. The SMILES string of the molecule is COC1CCCC(N2CCNCCC2C)C1. The van der Waals surface area contributed by atoms with E-state index in [1.165, 1.54) is 45.2 Å². The van der Waals surface area contributed by atoms with Crippen LogP contribution in [-0.4, -0.2) is 49.8 Å². The Labute approximate surface area is 99.5 Å². The summed E-state index contributed by atoms with van der Waals surface area (Å²) in [6.07, 6.45) is 6.98. The van der Waals surface area contributed by atoms with Gasteiger partial charge in [-0.3, -0.25) is 4.90 Å². The molecule has 94 valence electrons. The predicted molar refractivity (Wildman–Crippen MR) is 66.7 cm³/mol. The summed E-state index contributed by atoms with van der Waals surface area (Å²) in [6.45, 7) is 5.92. The van der Waals surface area contributed by atoms with E-state index < -0.39 is 0 Å². The molecular formula is C13H26N2O. The van der Waals surface area contributed by atoms with Gasteiger partial charge in [0.25, 0.3) is 0 Å². The predicted octanol–water partition coefficient (Wildman–Crippen LogP) is 1.63. The molecule has 3 atom stereocenters. The molecule has 1 N–H and O–H groups in total. The molecule has 0 aromatic heterocycles. The minimum Gasteiger partial charge on any atom is -0.381 e. The van der Waals surface area contributed by atoms with Gasteiger partial charge < -0.3 is 10.1 Å². The second kappa shape index (κ2) is 5.99. The van der Waals surface area contributed by atoms with E-state index in [-0.39, 0.29) is 0 Å². The van der Waals surface area contributed by atoms with Gasteiger partial charge >= 0.3 is 0 Å². The highest BCUT2D eigenvalue weighted by Crippen LogP contribution is 2.27. The number of rotatable bonds is 2. The third-order valence-electron chi connectivity index (χ3n) is 4.25. The van der Waals surface area contributed by atoms with Gasteiger partial charge in [-0.25, -0.2) is 0 Å². The summed E-state index contributed by atoms with van der Waals surface area (Å²) in [5.41, 5.74) is 0. The molecule has 3 nitrogen and oxygen atoms in total. The highest BCUT2D eigenvalue weighted by atomic mass is 16.5. The van der Waals surface area contributed by atoms with E-state index >= 15 is 0 Å². The Kier molecular flexibility index (Phi) is 4.62. The van der Waals surface area contributed by atoms with E-state index in [0.717, 1.165) is 18.6 Å². The van der Waals surface area contributed by atoms with Crippen molar-refractivity contribution < 1.29 is 4.74 Å². The van der Waals surface area contributed by atoms with Crippen LogP contribution in [0.4, 0.5) is 0 Å². The topological polar surface area (TPSA) is 24.5 Å². The zero-order chi connectivity index (χ0) is 11.4. The minimum atomic E-state index is 0.502. The lowest BCUT2D eigenvalue weighted by Gasteiger charge is -2.39. The molecule has 1 saturated carbocycles. The molecule has 3 heteroatoms. The second-order valence-electron chi connectivity index (χ2n) is 5.30. The minimum absolute atomic E-state index is 0.502. The van der Waals surface area contributed by atoms with Gasteiger partial charge in [0.2, 0.25) is 0 Å². The van der Waals surface area contributed by atoms with Crippen molar-refractivity contribution in [3.8, 4) is 0 Å². The molecule has 16 heavy (non-hydrogen) atoms. The van der Waals surface area contributed by atoms with Crippen LogP contribution in [0.25, 0.3) is 0 Å². The lowest BCUT2D eigenvalue weighted by atomic mass is 9.90. The van der Waals surface area contributed by atoms with E-state index in [9.17, 15) is 0 Å². The maximum Gasteiger partial charge on any atom is 0.0586 e. The molecular weight excluding hydrogens is 200 g/mol. The Morgan fingerprint density at radius 2 is 2.06 bits per heavy atom. The zero-order valence-corrected chi connectivity index (χ0v) is 10.7. The van der Waals surface area contributed by atoms with Crippen molar-refractivity contribution in [1.29, 1.82) is 0 Å². The van der Waals surface area contributed by atoms with Crippen molar-refractivity contribution in [2.45, 2.75) is 57.2 Å². The monoisotopic (exact) mass is 226 g/mol. The van der Waals surface area contributed by atoms with Gasteiger partial charge in [-0.1, -0.05) is 0 Å². The number of hydrogen-bond acceptors (Lipinski definition) is 3. The van der Waals surface area contributed by atoms with E-state index in [2.05, 4.69) is 17.1 Å². The largest absolute Gasteiger partial charge is 0.381 e. The second-order valence-corrected chi connectivity index (χ2v) is 5.30. The van der Waals surface area contributed by atoms with Crippen LogP contribution < -0.4 is 5.32 Å². The van der Waals surface area contributed by atoms with Crippen molar-refractivity contribution in [2.24, 2.45) is 0 Å². The fourth-order valence-corrected chi connectivity index (χ4v) is 3.21. The Balaban J connectivity index is 1.93. The van der Waals surface area contributed by atoms with Crippen molar-refractivity contribution >= 4 is 0 Å². The molecule has 1 aliphatic heterocycles. The van der Waals surface area contributed by atoms with Gasteiger partial charge in [0.05, 0.1) is 6.10 Å². The van der Waals surface area contributed by atoms with Crippen LogP contribution in [0.2, 0.25) is 0 Å². The van der Waals surface area contributed by atoms with Crippen LogP contribution in [-0.2, 0) is 4.74 Å². The van der Waals surface area contributed by atoms with Crippen LogP contribution in [0.15, 0.2) is 0 Å². The first-order valence-electron chi connectivity index (χ1n) is 6.80. The third-order valence-corrected chi connectivity index (χ3v) is 4.25. The van der Waals surface area contributed by atoms with Crippen molar-refractivity contribution in [1.82, 2.24) is 10.2 Å². The summed E-state index contributed by atoms with van der Waals surface area (Å²) >= 11 is 0. The van der Waals surface area contributed by atoms with E-state index in [4.69, 9.17) is 4.74 Å². The summed E-state index contributed by atoms with van der Waals surface area (Å²) in [4.78, 5) is 2.71. The van der Waals surface area contributed by atoms with Crippen molar-refractivity contribution in [3.63, 3.8) is 0 Å². The van der Waals surface area contributed by atoms with Crippen molar-refractivity contribution in [2.75, 3.05) is 26.7 Å². The molecule has 2 fully saturated rings. The summed E-state index contributed by atoms with van der Waals surface area (Å²) in [6, 6.07) is 1.49. The average molecular weight is 226 g/mol. The zero-order valence-electron chi connectivity index (χ0n) is 10.7. The van der Waals surface area contributed by atoms with Crippen LogP contribution in [0, 0.1) is 0 Å². The van der Waals surface area contributed by atoms with Gasteiger partial charge in [-0.15, -0.1) is 0 Å². The number of nitrogens with zero attached hydrogens (tertiary/aromatic N) is 1. The van der Waals surface area contributed by atoms with E-state index in [0.29, 0.717) is 6.10 Å². The summed E-state index contributed by atoms with van der Waals surface area (Å²) < 4.78 is 5.54. The van der Waals surface area contributed by atoms with Crippen LogP contribution in [0.3, 0.4) is 0 Å².